The summed E-state index contributed by atoms with van der Waals surface area (Å²) in [5, 5.41) is 0. The van der Waals surface area contributed by atoms with Gasteiger partial charge in [-0.2, -0.15) is 0 Å². The van der Waals surface area contributed by atoms with Gasteiger partial charge in [0.15, 0.2) is 0 Å². The average Bonchev–Trinajstić information content (AvgIpc) is 2.72. The fourth-order valence-corrected chi connectivity index (χ4v) is 3.50. The Balaban J connectivity index is 1.73. The number of carbonyl (C=O) groups excluding carboxylic acids is 2. The summed E-state index contributed by atoms with van der Waals surface area (Å²) in [6.07, 6.45) is 3.63. The van der Waals surface area contributed by atoms with Crippen LogP contribution in [0.25, 0.3) is 0 Å². The Labute approximate surface area is 166 Å². The molecule has 0 aromatic heterocycles. The summed E-state index contributed by atoms with van der Waals surface area (Å²) in [7, 11) is 0. The van der Waals surface area contributed by atoms with Crippen LogP contribution in [-0.2, 0) is 16.0 Å². The zero-order valence-electron chi connectivity index (χ0n) is 16.4. The smallest absolute Gasteiger partial charge is 0.242 e. The topological polar surface area (TPSA) is 40.6 Å². The molecule has 4 nitrogen and oxygen atoms in total. The molecule has 1 aliphatic rings. The summed E-state index contributed by atoms with van der Waals surface area (Å²) < 4.78 is 13.9. The van der Waals surface area contributed by atoms with Crippen LogP contribution in [0.4, 0.5) is 10.1 Å². The largest absolute Gasteiger partial charge is 0.341 e. The van der Waals surface area contributed by atoms with Crippen molar-refractivity contribution in [1.82, 2.24) is 4.90 Å². The molecule has 0 unspecified atom stereocenters. The number of hydrogen-bond donors (Lipinski definition) is 0. The van der Waals surface area contributed by atoms with Crippen molar-refractivity contribution >= 4 is 17.5 Å². The van der Waals surface area contributed by atoms with Crippen molar-refractivity contribution in [3.8, 4) is 0 Å². The fraction of sp³-hybridized carbons (Fsp3) is 0.391. The lowest BCUT2D eigenvalue weighted by Gasteiger charge is -2.30. The maximum Gasteiger partial charge on any atom is 0.242 e. The van der Waals surface area contributed by atoms with Gasteiger partial charge in [-0.25, -0.2) is 4.39 Å². The van der Waals surface area contributed by atoms with Crippen LogP contribution < -0.4 is 4.90 Å². The van der Waals surface area contributed by atoms with Crippen molar-refractivity contribution in [2.45, 2.75) is 39.0 Å². The molecule has 1 heterocycles. The highest BCUT2D eigenvalue weighted by Gasteiger charge is 2.23. The molecule has 1 aliphatic heterocycles. The van der Waals surface area contributed by atoms with Gasteiger partial charge in [0.1, 0.15) is 12.4 Å². The van der Waals surface area contributed by atoms with Crippen LogP contribution in [0.3, 0.4) is 0 Å². The Kier molecular flexibility index (Phi) is 6.80. The van der Waals surface area contributed by atoms with E-state index in [2.05, 4.69) is 0 Å². The molecule has 5 heteroatoms. The second-order valence-corrected chi connectivity index (χ2v) is 7.35. The zero-order chi connectivity index (χ0) is 19.9. The van der Waals surface area contributed by atoms with Gasteiger partial charge in [0, 0.05) is 25.2 Å². The molecule has 0 saturated carbocycles. The van der Waals surface area contributed by atoms with Crippen molar-refractivity contribution in [3.63, 3.8) is 0 Å². The minimum Gasteiger partial charge on any atom is -0.341 e. The molecule has 2 aromatic carbocycles. The van der Waals surface area contributed by atoms with Gasteiger partial charge in [0.25, 0.3) is 0 Å². The third-order valence-corrected chi connectivity index (χ3v) is 5.21. The van der Waals surface area contributed by atoms with E-state index in [1.165, 1.54) is 11.0 Å². The highest BCUT2D eigenvalue weighted by atomic mass is 19.1. The van der Waals surface area contributed by atoms with E-state index in [4.69, 9.17) is 0 Å². The molecule has 28 heavy (non-hydrogen) atoms. The average molecular weight is 382 g/mol. The lowest BCUT2D eigenvalue weighted by molar-refractivity contribution is -0.132. The molecule has 148 valence electrons. The third kappa shape index (κ3) is 5.18. The number of rotatable bonds is 6. The van der Waals surface area contributed by atoms with E-state index in [0.717, 1.165) is 37.9 Å². The van der Waals surface area contributed by atoms with Crippen LogP contribution in [0.1, 0.15) is 36.8 Å². The van der Waals surface area contributed by atoms with E-state index in [0.29, 0.717) is 17.7 Å². The van der Waals surface area contributed by atoms with E-state index in [1.54, 1.807) is 18.2 Å². The summed E-state index contributed by atoms with van der Waals surface area (Å²) in [5.74, 6) is -0.501. The predicted octanol–water partition coefficient (Wildman–Crippen LogP) is 4.11. The first-order valence-electron chi connectivity index (χ1n) is 9.93. The second-order valence-electron chi connectivity index (χ2n) is 7.35. The minimum atomic E-state index is -0.304. The first-order valence-corrected chi connectivity index (χ1v) is 9.93. The van der Waals surface area contributed by atoms with E-state index >= 15 is 0 Å². The Morgan fingerprint density at radius 1 is 1.00 bits per heavy atom. The number of nitrogens with zero attached hydrogens (tertiary/aromatic N) is 2. The van der Waals surface area contributed by atoms with Crippen LogP contribution in [0.5, 0.6) is 0 Å². The highest BCUT2D eigenvalue weighted by Crippen LogP contribution is 2.19. The van der Waals surface area contributed by atoms with Crippen LogP contribution in [-0.4, -0.2) is 36.3 Å². The number of benzene rings is 2. The molecule has 0 N–H and O–H groups in total. The standard InChI is InChI=1S/C23H27FN2O2/c1-18-9-12-20(13-10-18)26(17-23(28)25-15-5-2-6-16-25)22(27)14-11-19-7-3-4-8-21(19)24/h3-4,7-10,12-13H,2,5-6,11,14-17H2,1H3. The van der Waals surface area contributed by atoms with Gasteiger partial charge in [-0.3, -0.25) is 9.59 Å². The summed E-state index contributed by atoms with van der Waals surface area (Å²) in [4.78, 5) is 29.1. The molecule has 1 fully saturated rings. The van der Waals surface area contributed by atoms with E-state index < -0.39 is 0 Å². The number of aryl methyl sites for hydroxylation is 2. The van der Waals surface area contributed by atoms with E-state index in [-0.39, 0.29) is 30.6 Å². The summed E-state index contributed by atoms with van der Waals surface area (Å²) >= 11 is 0. The third-order valence-electron chi connectivity index (χ3n) is 5.21. The molecule has 3 rings (SSSR count). The molecular formula is C23H27FN2O2. The van der Waals surface area contributed by atoms with Gasteiger partial charge in [0.2, 0.25) is 11.8 Å². The Morgan fingerprint density at radius 3 is 2.36 bits per heavy atom. The van der Waals surface area contributed by atoms with Crippen molar-refractivity contribution in [3.05, 3.63) is 65.5 Å². The fourth-order valence-electron chi connectivity index (χ4n) is 3.50. The van der Waals surface area contributed by atoms with E-state index in [1.807, 2.05) is 36.1 Å². The number of amides is 2. The Morgan fingerprint density at radius 2 is 1.68 bits per heavy atom. The maximum atomic E-state index is 13.9. The van der Waals surface area contributed by atoms with E-state index in [9.17, 15) is 14.0 Å². The van der Waals surface area contributed by atoms with Crippen LogP contribution >= 0.6 is 0 Å². The van der Waals surface area contributed by atoms with Gasteiger partial charge in [-0.15, -0.1) is 0 Å². The predicted molar refractivity (Wildman–Crippen MR) is 109 cm³/mol. The number of hydrogen-bond acceptors (Lipinski definition) is 2. The monoisotopic (exact) mass is 382 g/mol. The number of halogens is 1. The van der Waals surface area contributed by atoms with Crippen molar-refractivity contribution in [2.75, 3.05) is 24.5 Å². The number of likely N-dealkylation sites (tertiary alicyclic amines) is 1. The molecular weight excluding hydrogens is 355 g/mol. The normalized spacial score (nSPS) is 14.0. The lowest BCUT2D eigenvalue weighted by atomic mass is 10.1. The summed E-state index contributed by atoms with van der Waals surface area (Å²) in [5.41, 5.74) is 2.31. The van der Waals surface area contributed by atoms with Crippen LogP contribution in [0.2, 0.25) is 0 Å². The van der Waals surface area contributed by atoms with Gasteiger partial charge >= 0.3 is 0 Å². The Hall–Kier alpha value is -2.69. The summed E-state index contributed by atoms with van der Waals surface area (Å²) in [6, 6.07) is 14.1. The molecule has 0 atom stereocenters. The second kappa shape index (κ2) is 9.49. The van der Waals surface area contributed by atoms with Crippen molar-refractivity contribution in [2.24, 2.45) is 0 Å². The number of carbonyl (C=O) groups is 2. The van der Waals surface area contributed by atoms with Gasteiger partial charge in [0.05, 0.1) is 0 Å². The molecule has 0 radical (unpaired) electrons. The lowest BCUT2D eigenvalue weighted by Crippen LogP contribution is -2.45. The van der Waals surface area contributed by atoms with Crippen LogP contribution in [0.15, 0.2) is 48.5 Å². The summed E-state index contributed by atoms with van der Waals surface area (Å²) in [6.45, 7) is 3.51. The molecule has 2 amide bonds. The molecule has 0 aliphatic carbocycles. The molecule has 0 bridgehead atoms. The van der Waals surface area contributed by atoms with Gasteiger partial charge < -0.3 is 9.80 Å². The van der Waals surface area contributed by atoms with Crippen molar-refractivity contribution in [1.29, 1.82) is 0 Å². The number of piperidine rings is 1. The number of anilines is 1. The molecule has 2 aromatic rings. The Bertz CT molecular complexity index is 814. The minimum absolute atomic E-state index is 0.0270. The van der Waals surface area contributed by atoms with Gasteiger partial charge in [-0.05, 0) is 56.4 Å². The quantitative estimate of drug-likeness (QED) is 0.754. The molecule has 0 spiro atoms. The zero-order valence-corrected chi connectivity index (χ0v) is 16.4. The first kappa shape index (κ1) is 20.1. The maximum absolute atomic E-state index is 13.9. The van der Waals surface area contributed by atoms with Gasteiger partial charge in [-0.1, -0.05) is 35.9 Å². The first-order chi connectivity index (χ1) is 13.5. The SMILES string of the molecule is Cc1ccc(N(CC(=O)N2CCCCC2)C(=O)CCc2ccccc2F)cc1. The molecule has 1 saturated heterocycles. The van der Waals surface area contributed by atoms with Crippen LogP contribution in [0, 0.1) is 12.7 Å². The van der Waals surface area contributed by atoms with Crippen molar-refractivity contribution < 1.29 is 14.0 Å². The highest BCUT2D eigenvalue weighted by molar-refractivity contribution is 5.98.